The number of aromatic nitrogens is 2. The third kappa shape index (κ3) is 2.97. The van der Waals surface area contributed by atoms with Crippen LogP contribution in [0.4, 0.5) is 5.82 Å². The van der Waals surface area contributed by atoms with Crippen LogP contribution in [0.25, 0.3) is 0 Å². The molecule has 1 saturated heterocycles. The molecule has 0 aliphatic carbocycles. The van der Waals surface area contributed by atoms with E-state index in [-0.39, 0.29) is 5.15 Å². The fourth-order valence-corrected chi connectivity index (χ4v) is 2.43. The Kier molecular flexibility index (Phi) is 4.49. The number of halogens is 1. The van der Waals surface area contributed by atoms with Crippen LogP contribution in [-0.2, 0) is 0 Å². The Morgan fingerprint density at radius 1 is 1.61 bits per heavy atom. The topological polar surface area (TPSA) is 58.1 Å². The van der Waals surface area contributed by atoms with E-state index in [2.05, 4.69) is 27.1 Å². The molecule has 1 unspecified atom stereocenters. The summed E-state index contributed by atoms with van der Waals surface area (Å²) in [5, 5.41) is 3.50. The second-order valence-corrected chi connectivity index (χ2v) is 4.78. The normalized spacial score (nSPS) is 20.7. The molecule has 0 spiro atoms. The lowest BCUT2D eigenvalue weighted by molar-refractivity contribution is 0.112. The number of likely N-dealkylation sites (N-methyl/N-ethyl adjacent to an activating group) is 1. The number of piperidine rings is 1. The smallest absolute Gasteiger partial charge is 0.156 e. The lowest BCUT2D eigenvalue weighted by Crippen LogP contribution is -2.42. The molecular formula is C12H17ClN4O. The summed E-state index contributed by atoms with van der Waals surface area (Å²) in [6.45, 7) is 5.31. The van der Waals surface area contributed by atoms with Gasteiger partial charge in [0.15, 0.2) is 6.29 Å². The van der Waals surface area contributed by atoms with Gasteiger partial charge in [0.05, 0.1) is 5.56 Å². The van der Waals surface area contributed by atoms with Crippen LogP contribution < -0.4 is 5.32 Å². The first kappa shape index (κ1) is 13.2. The lowest BCUT2D eigenvalue weighted by atomic mass is 10.1. The zero-order valence-corrected chi connectivity index (χ0v) is 11.2. The summed E-state index contributed by atoms with van der Waals surface area (Å²) in [5.41, 5.74) is 0.341. The first-order valence-electron chi connectivity index (χ1n) is 6.19. The molecule has 1 N–H and O–H groups in total. The molecule has 0 aromatic carbocycles. The number of likely N-dealkylation sites (tertiary alicyclic amines) is 1. The molecule has 2 heterocycles. The van der Waals surface area contributed by atoms with Crippen LogP contribution in [0.3, 0.4) is 0 Å². The minimum atomic E-state index is 0.200. The first-order chi connectivity index (χ1) is 8.74. The van der Waals surface area contributed by atoms with Crippen molar-refractivity contribution in [3.63, 3.8) is 0 Å². The maximum absolute atomic E-state index is 11.0. The molecule has 1 fully saturated rings. The van der Waals surface area contributed by atoms with Gasteiger partial charge in [0.1, 0.15) is 17.3 Å². The van der Waals surface area contributed by atoms with Gasteiger partial charge in [-0.3, -0.25) is 4.79 Å². The van der Waals surface area contributed by atoms with Crippen LogP contribution >= 0.6 is 11.6 Å². The molecule has 0 amide bonds. The SMILES string of the molecule is CCN1CCCC(Nc2ncnc(Cl)c2C=O)C1. The molecule has 0 saturated carbocycles. The van der Waals surface area contributed by atoms with Gasteiger partial charge in [-0.05, 0) is 25.9 Å². The number of hydrogen-bond donors (Lipinski definition) is 1. The summed E-state index contributed by atoms with van der Waals surface area (Å²) in [7, 11) is 0. The van der Waals surface area contributed by atoms with Gasteiger partial charge >= 0.3 is 0 Å². The van der Waals surface area contributed by atoms with Crippen molar-refractivity contribution >= 4 is 23.7 Å². The Hall–Kier alpha value is -1.20. The molecule has 5 nitrogen and oxygen atoms in total. The zero-order chi connectivity index (χ0) is 13.0. The predicted octanol–water partition coefficient (Wildman–Crippen LogP) is 1.84. The molecule has 0 radical (unpaired) electrons. The monoisotopic (exact) mass is 268 g/mol. The van der Waals surface area contributed by atoms with Crippen LogP contribution in [0, 0.1) is 0 Å². The maximum atomic E-state index is 11.0. The first-order valence-corrected chi connectivity index (χ1v) is 6.57. The highest BCUT2D eigenvalue weighted by Crippen LogP contribution is 2.20. The van der Waals surface area contributed by atoms with E-state index in [1.165, 1.54) is 6.33 Å². The number of nitrogens with zero attached hydrogens (tertiary/aromatic N) is 3. The minimum Gasteiger partial charge on any atom is -0.365 e. The van der Waals surface area contributed by atoms with E-state index in [9.17, 15) is 4.79 Å². The van der Waals surface area contributed by atoms with Crippen molar-refractivity contribution in [1.29, 1.82) is 0 Å². The molecule has 2 rings (SSSR count). The van der Waals surface area contributed by atoms with Crippen LogP contribution in [0.2, 0.25) is 5.15 Å². The summed E-state index contributed by atoms with van der Waals surface area (Å²) in [6, 6.07) is 0.309. The summed E-state index contributed by atoms with van der Waals surface area (Å²) in [6.07, 6.45) is 4.31. The molecule has 1 aliphatic rings. The van der Waals surface area contributed by atoms with Crippen molar-refractivity contribution in [2.75, 3.05) is 25.0 Å². The van der Waals surface area contributed by atoms with Gasteiger partial charge in [-0.15, -0.1) is 0 Å². The Labute approximate surface area is 112 Å². The van der Waals surface area contributed by atoms with Gasteiger partial charge in [-0.1, -0.05) is 18.5 Å². The number of carbonyl (C=O) groups excluding carboxylic acids is 1. The Balaban J connectivity index is 2.09. The van der Waals surface area contributed by atoms with E-state index in [4.69, 9.17) is 11.6 Å². The average molecular weight is 269 g/mol. The highest BCUT2D eigenvalue weighted by molar-refractivity contribution is 6.32. The average Bonchev–Trinajstić information content (AvgIpc) is 2.39. The van der Waals surface area contributed by atoms with Gasteiger partial charge in [-0.25, -0.2) is 9.97 Å². The van der Waals surface area contributed by atoms with Crippen LogP contribution in [0.1, 0.15) is 30.1 Å². The van der Waals surface area contributed by atoms with Gasteiger partial charge in [0.2, 0.25) is 0 Å². The molecule has 1 aromatic heterocycles. The van der Waals surface area contributed by atoms with E-state index >= 15 is 0 Å². The molecule has 1 aliphatic heterocycles. The van der Waals surface area contributed by atoms with Crippen LogP contribution in [0.5, 0.6) is 0 Å². The maximum Gasteiger partial charge on any atom is 0.156 e. The van der Waals surface area contributed by atoms with Crippen molar-refractivity contribution in [2.24, 2.45) is 0 Å². The molecule has 0 bridgehead atoms. The predicted molar refractivity (Wildman–Crippen MR) is 71.2 cm³/mol. The quantitative estimate of drug-likeness (QED) is 0.667. The highest BCUT2D eigenvalue weighted by Gasteiger charge is 2.20. The molecule has 1 atom stereocenters. The van der Waals surface area contributed by atoms with Crippen LogP contribution in [0.15, 0.2) is 6.33 Å². The molecule has 1 aromatic rings. The Bertz CT molecular complexity index is 427. The highest BCUT2D eigenvalue weighted by atomic mass is 35.5. The molecule has 98 valence electrons. The van der Waals surface area contributed by atoms with Gasteiger partial charge in [0, 0.05) is 12.6 Å². The van der Waals surface area contributed by atoms with E-state index < -0.39 is 0 Å². The van der Waals surface area contributed by atoms with E-state index in [1.807, 2.05) is 0 Å². The number of rotatable bonds is 4. The Morgan fingerprint density at radius 3 is 3.17 bits per heavy atom. The molecular weight excluding hydrogens is 252 g/mol. The van der Waals surface area contributed by atoms with Crippen LogP contribution in [-0.4, -0.2) is 46.8 Å². The summed E-state index contributed by atoms with van der Waals surface area (Å²) in [5.74, 6) is 0.535. The van der Waals surface area contributed by atoms with Gasteiger partial charge in [0.25, 0.3) is 0 Å². The molecule has 18 heavy (non-hydrogen) atoms. The number of nitrogens with one attached hydrogen (secondary N) is 1. The zero-order valence-electron chi connectivity index (χ0n) is 10.4. The number of carbonyl (C=O) groups is 1. The second kappa shape index (κ2) is 6.11. The fourth-order valence-electron chi connectivity index (χ4n) is 2.25. The number of hydrogen-bond acceptors (Lipinski definition) is 5. The van der Waals surface area contributed by atoms with Crippen molar-refractivity contribution in [3.8, 4) is 0 Å². The van der Waals surface area contributed by atoms with Gasteiger partial charge < -0.3 is 10.2 Å². The minimum absolute atomic E-state index is 0.200. The van der Waals surface area contributed by atoms with Crippen molar-refractivity contribution in [3.05, 3.63) is 17.0 Å². The third-order valence-corrected chi connectivity index (χ3v) is 3.55. The van der Waals surface area contributed by atoms with E-state index in [0.29, 0.717) is 23.7 Å². The summed E-state index contributed by atoms with van der Waals surface area (Å²) >= 11 is 5.87. The fraction of sp³-hybridized carbons (Fsp3) is 0.583. The molecule has 6 heteroatoms. The van der Waals surface area contributed by atoms with E-state index in [1.54, 1.807) is 0 Å². The standard InChI is InChI=1S/C12H17ClN4O/c1-2-17-5-3-4-9(6-17)16-12-10(7-18)11(13)14-8-15-12/h7-9H,2-6H2,1H3,(H,14,15,16). The number of aldehydes is 1. The Morgan fingerprint density at radius 2 is 2.44 bits per heavy atom. The van der Waals surface area contributed by atoms with Crippen molar-refractivity contribution < 1.29 is 4.79 Å². The largest absolute Gasteiger partial charge is 0.365 e. The second-order valence-electron chi connectivity index (χ2n) is 4.42. The summed E-state index contributed by atoms with van der Waals surface area (Å²) < 4.78 is 0. The summed E-state index contributed by atoms with van der Waals surface area (Å²) in [4.78, 5) is 21.3. The lowest BCUT2D eigenvalue weighted by Gasteiger charge is -2.32. The number of anilines is 1. The van der Waals surface area contributed by atoms with Crippen molar-refractivity contribution in [2.45, 2.75) is 25.8 Å². The van der Waals surface area contributed by atoms with E-state index in [0.717, 1.165) is 32.5 Å². The van der Waals surface area contributed by atoms with Crippen molar-refractivity contribution in [1.82, 2.24) is 14.9 Å². The third-order valence-electron chi connectivity index (χ3n) is 3.25. The van der Waals surface area contributed by atoms with Gasteiger partial charge in [-0.2, -0.15) is 0 Å².